The number of benzene rings is 2. The predicted octanol–water partition coefficient (Wildman–Crippen LogP) is 5.00. The Labute approximate surface area is 179 Å². The van der Waals surface area contributed by atoms with Gasteiger partial charge in [-0.1, -0.05) is 23.7 Å². The second kappa shape index (κ2) is 7.95. The molecular formula is C23H22ClN5O. The fourth-order valence-corrected chi connectivity index (χ4v) is 4.01. The molecule has 0 unspecified atom stereocenters. The van der Waals surface area contributed by atoms with Gasteiger partial charge in [-0.25, -0.2) is 4.98 Å². The fourth-order valence-electron chi connectivity index (χ4n) is 3.88. The number of ether oxygens (including phenoxy) is 1. The Hall–Kier alpha value is -3.12. The topological polar surface area (TPSA) is 64.3 Å². The summed E-state index contributed by atoms with van der Waals surface area (Å²) in [6.07, 6.45) is 4.91. The second-order valence-electron chi connectivity index (χ2n) is 7.49. The average Bonchev–Trinajstić information content (AvgIpc) is 3.18. The van der Waals surface area contributed by atoms with E-state index in [1.807, 2.05) is 53.0 Å². The van der Waals surface area contributed by atoms with Crippen molar-refractivity contribution in [3.05, 3.63) is 76.2 Å². The minimum Gasteiger partial charge on any atom is -0.497 e. The molecule has 0 saturated carbocycles. The normalized spacial score (nSPS) is 13.3. The summed E-state index contributed by atoms with van der Waals surface area (Å²) in [5, 5.41) is 9.07. The molecule has 5 rings (SSSR count). The molecule has 0 spiro atoms. The van der Waals surface area contributed by atoms with Gasteiger partial charge in [0, 0.05) is 22.7 Å². The summed E-state index contributed by atoms with van der Waals surface area (Å²) in [4.78, 5) is 9.55. The monoisotopic (exact) mass is 419 g/mol. The van der Waals surface area contributed by atoms with E-state index in [1.165, 1.54) is 5.56 Å². The van der Waals surface area contributed by atoms with Gasteiger partial charge in [0.25, 0.3) is 5.78 Å². The molecule has 1 aliphatic carbocycles. The summed E-state index contributed by atoms with van der Waals surface area (Å²) in [5.41, 5.74) is 4.44. The van der Waals surface area contributed by atoms with Crippen molar-refractivity contribution in [1.82, 2.24) is 19.6 Å². The van der Waals surface area contributed by atoms with E-state index in [1.54, 1.807) is 7.11 Å². The van der Waals surface area contributed by atoms with Gasteiger partial charge >= 0.3 is 0 Å². The van der Waals surface area contributed by atoms with Crippen LogP contribution in [0.2, 0.25) is 5.02 Å². The number of aryl methyl sites for hydroxylation is 1. The number of halogens is 1. The SMILES string of the molecule is COc1ccc(Nc2c3c(nc4nc(Cc5ccc(Cl)cc5)nn24)CCCC3)cc1. The van der Waals surface area contributed by atoms with Gasteiger partial charge in [-0.15, -0.1) is 5.10 Å². The molecule has 1 N–H and O–H groups in total. The molecule has 0 atom stereocenters. The van der Waals surface area contributed by atoms with Crippen LogP contribution in [0.15, 0.2) is 48.5 Å². The van der Waals surface area contributed by atoms with Crippen molar-refractivity contribution in [1.29, 1.82) is 0 Å². The number of rotatable bonds is 5. The number of nitrogens with zero attached hydrogens (tertiary/aromatic N) is 4. The van der Waals surface area contributed by atoms with Crippen LogP contribution in [0.1, 0.15) is 35.5 Å². The lowest BCUT2D eigenvalue weighted by Gasteiger charge is -2.20. The number of aromatic nitrogens is 4. The maximum atomic E-state index is 6.01. The maximum Gasteiger partial charge on any atom is 0.254 e. The predicted molar refractivity (Wildman–Crippen MR) is 118 cm³/mol. The minimum atomic E-state index is 0.632. The second-order valence-corrected chi connectivity index (χ2v) is 7.93. The van der Waals surface area contributed by atoms with Crippen LogP contribution in [0.25, 0.3) is 5.78 Å². The largest absolute Gasteiger partial charge is 0.497 e. The number of fused-ring (bicyclic) bond motifs is 2. The molecule has 2 aromatic heterocycles. The van der Waals surface area contributed by atoms with Gasteiger partial charge < -0.3 is 10.1 Å². The molecule has 2 aromatic carbocycles. The molecule has 0 radical (unpaired) electrons. The first-order chi connectivity index (χ1) is 14.7. The Kier molecular flexibility index (Phi) is 5.01. The van der Waals surface area contributed by atoms with Crippen molar-refractivity contribution in [2.24, 2.45) is 0 Å². The van der Waals surface area contributed by atoms with Crippen molar-refractivity contribution in [2.45, 2.75) is 32.1 Å². The van der Waals surface area contributed by atoms with Crippen LogP contribution in [0.3, 0.4) is 0 Å². The van der Waals surface area contributed by atoms with Gasteiger partial charge in [-0.05, 0) is 67.6 Å². The van der Waals surface area contributed by atoms with Gasteiger partial charge in [0.15, 0.2) is 5.82 Å². The summed E-state index contributed by atoms with van der Waals surface area (Å²) in [5.74, 6) is 3.16. The molecule has 6 nitrogen and oxygen atoms in total. The van der Waals surface area contributed by atoms with Gasteiger partial charge in [-0.2, -0.15) is 9.50 Å². The van der Waals surface area contributed by atoms with Crippen LogP contribution in [-0.4, -0.2) is 26.7 Å². The molecule has 0 bridgehead atoms. The summed E-state index contributed by atoms with van der Waals surface area (Å²) >= 11 is 6.01. The number of hydrogen-bond acceptors (Lipinski definition) is 5. The lowest BCUT2D eigenvalue weighted by Crippen LogP contribution is -2.13. The van der Waals surface area contributed by atoms with E-state index < -0.39 is 0 Å². The van der Waals surface area contributed by atoms with E-state index in [4.69, 9.17) is 31.4 Å². The molecule has 2 heterocycles. The summed E-state index contributed by atoms with van der Waals surface area (Å²) < 4.78 is 7.12. The van der Waals surface area contributed by atoms with Gasteiger partial charge in [0.1, 0.15) is 11.6 Å². The summed E-state index contributed by atoms with van der Waals surface area (Å²) in [6.45, 7) is 0. The molecule has 0 amide bonds. The Bertz CT molecular complexity index is 1190. The van der Waals surface area contributed by atoms with Crippen molar-refractivity contribution in [3.63, 3.8) is 0 Å². The van der Waals surface area contributed by atoms with Gasteiger partial charge in [0.2, 0.25) is 0 Å². The highest BCUT2D eigenvalue weighted by Gasteiger charge is 2.21. The lowest BCUT2D eigenvalue weighted by atomic mass is 9.96. The molecule has 1 aliphatic rings. The Morgan fingerprint density at radius 2 is 1.77 bits per heavy atom. The van der Waals surface area contributed by atoms with Crippen molar-refractivity contribution >= 4 is 28.9 Å². The van der Waals surface area contributed by atoms with Crippen LogP contribution >= 0.6 is 11.6 Å². The van der Waals surface area contributed by atoms with Gasteiger partial charge in [-0.3, -0.25) is 0 Å². The van der Waals surface area contributed by atoms with E-state index in [0.29, 0.717) is 12.2 Å². The summed E-state index contributed by atoms with van der Waals surface area (Å²) in [7, 11) is 1.67. The highest BCUT2D eigenvalue weighted by molar-refractivity contribution is 6.30. The van der Waals surface area contributed by atoms with E-state index in [2.05, 4.69) is 5.32 Å². The third kappa shape index (κ3) is 3.71. The smallest absolute Gasteiger partial charge is 0.254 e. The third-order valence-corrected chi connectivity index (χ3v) is 5.69. The molecule has 0 fully saturated rings. The number of methoxy groups -OCH3 is 1. The number of anilines is 2. The van der Waals surface area contributed by atoms with Crippen LogP contribution in [-0.2, 0) is 19.3 Å². The van der Waals surface area contributed by atoms with E-state index in [0.717, 1.165) is 65.0 Å². The van der Waals surface area contributed by atoms with Crippen LogP contribution in [0.5, 0.6) is 5.75 Å². The molecule has 0 aliphatic heterocycles. The zero-order valence-electron chi connectivity index (χ0n) is 16.7. The van der Waals surface area contributed by atoms with Gasteiger partial charge in [0.05, 0.1) is 12.8 Å². The first kappa shape index (κ1) is 18.9. The third-order valence-electron chi connectivity index (χ3n) is 5.43. The van der Waals surface area contributed by atoms with Crippen molar-refractivity contribution < 1.29 is 4.74 Å². The minimum absolute atomic E-state index is 0.632. The molecule has 4 aromatic rings. The number of nitrogens with one attached hydrogen (secondary N) is 1. The Morgan fingerprint density at radius 1 is 1.00 bits per heavy atom. The molecule has 30 heavy (non-hydrogen) atoms. The van der Waals surface area contributed by atoms with Crippen molar-refractivity contribution in [2.75, 3.05) is 12.4 Å². The summed E-state index contributed by atoms with van der Waals surface area (Å²) in [6, 6.07) is 15.7. The Balaban J connectivity index is 1.55. The van der Waals surface area contributed by atoms with E-state index in [9.17, 15) is 0 Å². The fraction of sp³-hybridized carbons (Fsp3) is 0.261. The van der Waals surface area contributed by atoms with Crippen LogP contribution < -0.4 is 10.1 Å². The lowest BCUT2D eigenvalue weighted by molar-refractivity contribution is 0.415. The maximum absolute atomic E-state index is 6.01. The van der Waals surface area contributed by atoms with E-state index in [-0.39, 0.29) is 0 Å². The number of hydrogen-bond donors (Lipinski definition) is 1. The standard InChI is InChI=1S/C23H22ClN5O/c1-30-18-12-10-17(11-13-18)25-22-19-4-2-3-5-20(19)26-23-27-21(28-29(22)23)14-15-6-8-16(24)9-7-15/h6-13,25H,2-5,14H2,1H3. The highest BCUT2D eigenvalue weighted by atomic mass is 35.5. The van der Waals surface area contributed by atoms with Crippen LogP contribution in [0.4, 0.5) is 11.5 Å². The molecule has 152 valence electrons. The highest BCUT2D eigenvalue weighted by Crippen LogP contribution is 2.30. The molecular weight excluding hydrogens is 398 g/mol. The Morgan fingerprint density at radius 3 is 2.53 bits per heavy atom. The van der Waals surface area contributed by atoms with E-state index >= 15 is 0 Å². The van der Waals surface area contributed by atoms with Crippen LogP contribution in [0, 0.1) is 0 Å². The average molecular weight is 420 g/mol. The van der Waals surface area contributed by atoms with Crippen molar-refractivity contribution in [3.8, 4) is 5.75 Å². The quantitative estimate of drug-likeness (QED) is 0.493. The zero-order valence-corrected chi connectivity index (χ0v) is 17.5. The first-order valence-corrected chi connectivity index (χ1v) is 10.5. The zero-order chi connectivity index (χ0) is 20.5. The molecule has 7 heteroatoms. The molecule has 0 saturated heterocycles. The first-order valence-electron chi connectivity index (χ1n) is 10.1.